The average Bonchev–Trinajstić information content (AvgIpc) is 3.16. The first-order valence-electron chi connectivity index (χ1n) is 10.1. The number of thioether (sulfide) groups is 1. The van der Waals surface area contributed by atoms with E-state index < -0.39 is 29.6 Å². The lowest BCUT2D eigenvalue weighted by Gasteiger charge is -2.38. The van der Waals surface area contributed by atoms with E-state index in [0.717, 1.165) is 24.6 Å². The highest BCUT2D eigenvalue weighted by Crippen LogP contribution is 2.46. The second-order valence-corrected chi connectivity index (χ2v) is 8.69. The number of alkyl halides is 3. The third-order valence-corrected chi connectivity index (χ3v) is 6.73. The minimum atomic E-state index is -5.08. The summed E-state index contributed by atoms with van der Waals surface area (Å²) in [6.45, 7) is 0.523. The highest BCUT2D eigenvalue weighted by Gasteiger charge is 2.57. The first-order chi connectivity index (χ1) is 15.9. The lowest BCUT2D eigenvalue weighted by Crippen LogP contribution is -2.71. The number of nitrogens with two attached hydrogens (primary N) is 1. The van der Waals surface area contributed by atoms with Crippen LogP contribution in [0.3, 0.4) is 0 Å². The van der Waals surface area contributed by atoms with Crippen LogP contribution >= 0.6 is 11.8 Å². The average molecular weight is 499 g/mol. The van der Waals surface area contributed by atoms with Gasteiger partial charge >= 0.3 is 12.1 Å². The number of carbonyl (C=O) groups is 5. The van der Waals surface area contributed by atoms with E-state index in [1.807, 2.05) is 0 Å². The number of hydrogen-bond acceptors (Lipinski definition) is 7. The number of rotatable bonds is 4. The van der Waals surface area contributed by atoms with Gasteiger partial charge in [-0.25, -0.2) is 4.79 Å². The summed E-state index contributed by atoms with van der Waals surface area (Å²) < 4.78 is 31.7. The van der Waals surface area contributed by atoms with Crippen LogP contribution in [0, 0.1) is 0 Å². The molecule has 34 heavy (non-hydrogen) atoms. The highest BCUT2D eigenvalue weighted by atomic mass is 32.2. The topological polar surface area (TPSA) is 156 Å². The SMILES string of the molecule is NCCCC[C@@H]1NC(=O)[C@]2(CSC3=C2C(=O)c2ccccc2C3=O)NC1=O.O=C(O)C(F)(F)F. The first-order valence-corrected chi connectivity index (χ1v) is 11.1. The minimum absolute atomic E-state index is 0.0995. The largest absolute Gasteiger partial charge is 0.490 e. The van der Waals surface area contributed by atoms with Crippen LogP contribution in [0.1, 0.15) is 40.0 Å². The summed E-state index contributed by atoms with van der Waals surface area (Å²) in [5.41, 5.74) is 4.70. The lowest BCUT2D eigenvalue weighted by atomic mass is 9.78. The van der Waals surface area contributed by atoms with Gasteiger partial charge in [-0.1, -0.05) is 24.3 Å². The number of carboxylic acids is 1. The van der Waals surface area contributed by atoms with E-state index >= 15 is 0 Å². The molecular weight excluding hydrogens is 479 g/mol. The zero-order valence-corrected chi connectivity index (χ0v) is 18.3. The van der Waals surface area contributed by atoms with Crippen molar-refractivity contribution in [1.82, 2.24) is 10.6 Å². The number of allylic oxidation sites excluding steroid dienone is 1. The van der Waals surface area contributed by atoms with Gasteiger partial charge in [-0.2, -0.15) is 13.2 Å². The fourth-order valence-corrected chi connectivity index (χ4v) is 5.17. The molecule has 182 valence electrons. The number of carboxylic acid groups (broad SMARTS) is 1. The molecule has 2 heterocycles. The van der Waals surface area contributed by atoms with Crippen LogP contribution in [0.2, 0.25) is 0 Å². The Bertz CT molecular complexity index is 1100. The molecule has 1 spiro atoms. The molecule has 3 aliphatic rings. The number of carbonyl (C=O) groups excluding carboxylic acids is 4. The van der Waals surface area contributed by atoms with Crippen molar-refractivity contribution < 1.29 is 42.3 Å². The van der Waals surface area contributed by atoms with E-state index in [9.17, 15) is 32.3 Å². The molecule has 2 aliphatic heterocycles. The monoisotopic (exact) mass is 499 g/mol. The van der Waals surface area contributed by atoms with Gasteiger partial charge in [0, 0.05) is 16.9 Å². The van der Waals surface area contributed by atoms with E-state index in [1.54, 1.807) is 24.3 Å². The molecule has 1 aromatic carbocycles. The molecule has 4 rings (SSSR count). The maximum atomic E-state index is 13.1. The number of amides is 2. The van der Waals surface area contributed by atoms with E-state index in [4.69, 9.17) is 15.6 Å². The molecule has 1 aliphatic carbocycles. The number of unbranched alkanes of at least 4 members (excludes halogenated alkanes) is 1. The van der Waals surface area contributed by atoms with Crippen LogP contribution in [0.15, 0.2) is 34.7 Å². The molecular formula is C21H20F3N3O6S. The third kappa shape index (κ3) is 4.57. The lowest BCUT2D eigenvalue weighted by molar-refractivity contribution is -0.192. The van der Waals surface area contributed by atoms with Gasteiger partial charge in [-0.05, 0) is 25.8 Å². The number of Topliss-reactive ketones (excluding diaryl/α,β-unsaturated/α-hetero) is 2. The van der Waals surface area contributed by atoms with Crippen molar-refractivity contribution in [2.45, 2.75) is 37.0 Å². The number of piperazine rings is 1. The Balaban J connectivity index is 0.000000406. The molecule has 0 saturated carbocycles. The van der Waals surface area contributed by atoms with Gasteiger partial charge in [0.25, 0.3) is 5.91 Å². The molecule has 2 atom stereocenters. The zero-order chi connectivity index (χ0) is 25.3. The highest BCUT2D eigenvalue weighted by molar-refractivity contribution is 8.04. The second-order valence-electron chi connectivity index (χ2n) is 7.70. The smallest absolute Gasteiger partial charge is 0.475 e. The van der Waals surface area contributed by atoms with Crippen molar-refractivity contribution in [3.05, 3.63) is 45.9 Å². The van der Waals surface area contributed by atoms with Crippen LogP contribution < -0.4 is 16.4 Å². The molecule has 0 bridgehead atoms. The number of nitrogens with one attached hydrogen (secondary N) is 2. The Kier molecular flexibility index (Phi) is 7.17. The number of fused-ring (bicyclic) bond motifs is 2. The van der Waals surface area contributed by atoms with Crippen molar-refractivity contribution in [2.75, 3.05) is 12.3 Å². The van der Waals surface area contributed by atoms with Gasteiger partial charge in [-0.15, -0.1) is 11.8 Å². The van der Waals surface area contributed by atoms with Crippen LogP contribution in [0.4, 0.5) is 13.2 Å². The minimum Gasteiger partial charge on any atom is -0.475 e. The zero-order valence-electron chi connectivity index (χ0n) is 17.5. The summed E-state index contributed by atoms with van der Waals surface area (Å²) in [6.07, 6.45) is -3.12. The van der Waals surface area contributed by atoms with Crippen molar-refractivity contribution >= 4 is 41.1 Å². The van der Waals surface area contributed by atoms with Gasteiger partial charge in [0.05, 0.1) is 10.5 Å². The fourth-order valence-electron chi connectivity index (χ4n) is 3.81. The molecule has 0 radical (unpaired) electrons. The predicted molar refractivity (Wildman–Crippen MR) is 114 cm³/mol. The summed E-state index contributed by atoms with van der Waals surface area (Å²) in [5.74, 6) is -4.03. The summed E-state index contributed by atoms with van der Waals surface area (Å²) in [5, 5.41) is 12.6. The maximum Gasteiger partial charge on any atom is 0.490 e. The van der Waals surface area contributed by atoms with Gasteiger partial charge < -0.3 is 21.5 Å². The van der Waals surface area contributed by atoms with Gasteiger partial charge in [-0.3, -0.25) is 19.2 Å². The van der Waals surface area contributed by atoms with Crippen LogP contribution in [-0.2, 0) is 14.4 Å². The fraction of sp³-hybridized carbons (Fsp3) is 0.381. The first kappa shape index (κ1) is 25.4. The summed E-state index contributed by atoms with van der Waals surface area (Å²) in [6, 6.07) is 5.92. The number of ketones is 2. The number of hydrogen-bond donors (Lipinski definition) is 4. The third-order valence-electron chi connectivity index (χ3n) is 5.47. The van der Waals surface area contributed by atoms with E-state index in [1.165, 1.54) is 0 Å². The van der Waals surface area contributed by atoms with Crippen LogP contribution in [0.25, 0.3) is 0 Å². The number of aliphatic carboxylic acids is 1. The second kappa shape index (κ2) is 9.58. The number of halogens is 3. The molecule has 9 nitrogen and oxygen atoms in total. The Hall–Kier alpha value is -3.19. The molecule has 1 fully saturated rings. The molecule has 0 aromatic heterocycles. The predicted octanol–water partition coefficient (Wildman–Crippen LogP) is 1.18. The van der Waals surface area contributed by atoms with Crippen molar-refractivity contribution in [2.24, 2.45) is 5.73 Å². The normalized spacial score (nSPS) is 23.6. The van der Waals surface area contributed by atoms with Crippen LogP contribution in [-0.4, -0.2) is 64.5 Å². The Morgan fingerprint density at radius 3 is 2.26 bits per heavy atom. The Labute approximate surface area is 195 Å². The summed E-state index contributed by atoms with van der Waals surface area (Å²) in [7, 11) is 0. The van der Waals surface area contributed by atoms with Crippen molar-refractivity contribution in [3.63, 3.8) is 0 Å². The van der Waals surface area contributed by atoms with Gasteiger partial charge in [0.15, 0.2) is 11.3 Å². The number of benzene rings is 1. The van der Waals surface area contributed by atoms with Crippen molar-refractivity contribution in [3.8, 4) is 0 Å². The standard InChI is InChI=1S/C19H19N3O4S.C2HF3O2/c20-8-4-3-7-12-17(25)22-19(18(26)21-12)9-27-16-13(19)14(23)10-5-1-2-6-11(10)15(16)24;3-2(4,5)1(6)7/h1-2,5-6,12H,3-4,7-9,20H2,(H,21,26)(H,22,25);(H,6,7)/t12-,19+;/m0./s1. The van der Waals surface area contributed by atoms with E-state index in [2.05, 4.69) is 10.6 Å². The molecule has 13 heteroatoms. The van der Waals surface area contributed by atoms with E-state index in [-0.39, 0.29) is 39.3 Å². The van der Waals surface area contributed by atoms with Crippen molar-refractivity contribution in [1.29, 1.82) is 0 Å². The molecule has 5 N–H and O–H groups in total. The van der Waals surface area contributed by atoms with E-state index in [0.29, 0.717) is 18.5 Å². The van der Waals surface area contributed by atoms with Gasteiger partial charge in [0.1, 0.15) is 6.04 Å². The molecule has 0 unspecified atom stereocenters. The summed E-state index contributed by atoms with van der Waals surface area (Å²) >= 11 is 1.15. The maximum absolute atomic E-state index is 13.1. The Morgan fingerprint density at radius 2 is 1.71 bits per heavy atom. The Morgan fingerprint density at radius 1 is 1.12 bits per heavy atom. The summed E-state index contributed by atoms with van der Waals surface area (Å²) in [4.78, 5) is 60.6. The van der Waals surface area contributed by atoms with Crippen LogP contribution in [0.5, 0.6) is 0 Å². The molecule has 2 amide bonds. The molecule has 1 saturated heterocycles. The van der Waals surface area contributed by atoms with Gasteiger partial charge in [0.2, 0.25) is 11.7 Å². The molecule has 1 aromatic rings. The quantitative estimate of drug-likeness (QED) is 0.450.